The van der Waals surface area contributed by atoms with Crippen molar-refractivity contribution < 1.29 is 24.0 Å². The molecule has 27 heavy (non-hydrogen) atoms. The lowest BCUT2D eigenvalue weighted by Crippen LogP contribution is -3.05. The molecular formula is C19H24N3O4S+. The lowest BCUT2D eigenvalue weighted by Gasteiger charge is -2.24. The third-order valence-corrected chi connectivity index (χ3v) is 5.62. The lowest BCUT2D eigenvalue weighted by atomic mass is 9.99. The Morgan fingerprint density at radius 3 is 2.70 bits per heavy atom. The molecule has 3 heterocycles. The standard InChI is InChI=1S/C19H23N3O4S/c1-11-18(27-12(2)20-11)16(23)14-15(13-7-5-10-26-13)22(19(25)17(14)24)9-6-8-21(3)4/h5,7,10,15,24H,6,8-9H2,1-4H3/p+1/t15-/m0/s1. The molecule has 0 fully saturated rings. The molecule has 2 N–H and O–H groups in total. The molecule has 0 unspecified atom stereocenters. The smallest absolute Gasteiger partial charge is 0.290 e. The zero-order chi connectivity index (χ0) is 19.7. The molecule has 1 aliphatic rings. The van der Waals surface area contributed by atoms with Gasteiger partial charge in [0.1, 0.15) is 11.8 Å². The van der Waals surface area contributed by atoms with Crippen LogP contribution < -0.4 is 4.90 Å². The van der Waals surface area contributed by atoms with Gasteiger partial charge >= 0.3 is 0 Å². The topological polar surface area (TPSA) is 88.1 Å². The van der Waals surface area contributed by atoms with Crippen LogP contribution in [-0.4, -0.2) is 53.9 Å². The van der Waals surface area contributed by atoms with E-state index in [9.17, 15) is 14.7 Å². The minimum atomic E-state index is -0.723. The van der Waals surface area contributed by atoms with E-state index in [1.807, 2.05) is 21.0 Å². The molecule has 2 aromatic rings. The monoisotopic (exact) mass is 390 g/mol. The van der Waals surface area contributed by atoms with Crippen molar-refractivity contribution in [2.24, 2.45) is 0 Å². The van der Waals surface area contributed by atoms with Crippen LogP contribution in [0.25, 0.3) is 0 Å². The second kappa shape index (κ2) is 7.66. The van der Waals surface area contributed by atoms with Crippen LogP contribution in [-0.2, 0) is 4.79 Å². The van der Waals surface area contributed by atoms with Crippen LogP contribution >= 0.6 is 11.3 Å². The van der Waals surface area contributed by atoms with E-state index < -0.39 is 17.7 Å². The Hall–Kier alpha value is -2.45. The number of nitrogens with one attached hydrogen (secondary N) is 1. The van der Waals surface area contributed by atoms with Gasteiger partial charge in [0.15, 0.2) is 5.76 Å². The number of nitrogens with zero attached hydrogens (tertiary/aromatic N) is 2. The highest BCUT2D eigenvalue weighted by Crippen LogP contribution is 2.40. The number of carbonyl (C=O) groups is 2. The Kier molecular flexibility index (Phi) is 5.48. The maximum atomic E-state index is 13.2. The summed E-state index contributed by atoms with van der Waals surface area (Å²) < 4.78 is 5.51. The van der Waals surface area contributed by atoms with Gasteiger partial charge in [0.2, 0.25) is 5.78 Å². The summed E-state index contributed by atoms with van der Waals surface area (Å²) in [6, 6.07) is 2.71. The molecule has 1 aliphatic heterocycles. The zero-order valence-corrected chi connectivity index (χ0v) is 16.7. The van der Waals surface area contributed by atoms with Crippen molar-refractivity contribution >= 4 is 23.0 Å². The van der Waals surface area contributed by atoms with Crippen molar-refractivity contribution in [2.45, 2.75) is 26.3 Å². The maximum absolute atomic E-state index is 13.2. The number of quaternary nitrogens is 1. The van der Waals surface area contributed by atoms with Gasteiger partial charge in [0.25, 0.3) is 5.91 Å². The molecule has 3 rings (SSSR count). The normalized spacial score (nSPS) is 17.4. The fourth-order valence-corrected chi connectivity index (χ4v) is 4.20. The van der Waals surface area contributed by atoms with Gasteiger partial charge in [-0.05, 0) is 26.0 Å². The second-order valence-electron chi connectivity index (χ2n) is 6.97. The summed E-state index contributed by atoms with van der Waals surface area (Å²) in [6.07, 6.45) is 2.25. The van der Waals surface area contributed by atoms with Crippen molar-refractivity contribution in [3.8, 4) is 0 Å². The Balaban J connectivity index is 1.98. The molecule has 7 nitrogen and oxygen atoms in total. The van der Waals surface area contributed by atoms with Gasteiger partial charge in [-0.15, -0.1) is 11.3 Å². The molecule has 1 amide bonds. The average Bonchev–Trinajstić information content (AvgIpc) is 3.29. The number of aliphatic hydroxyl groups is 1. The van der Waals surface area contributed by atoms with Crippen LogP contribution in [0.4, 0.5) is 0 Å². The Morgan fingerprint density at radius 2 is 2.15 bits per heavy atom. The van der Waals surface area contributed by atoms with E-state index in [4.69, 9.17) is 4.42 Å². The quantitative estimate of drug-likeness (QED) is 0.699. The third kappa shape index (κ3) is 3.68. The first-order valence-electron chi connectivity index (χ1n) is 8.86. The fourth-order valence-electron chi connectivity index (χ4n) is 3.33. The van der Waals surface area contributed by atoms with Crippen LogP contribution in [0.3, 0.4) is 0 Å². The minimum Gasteiger partial charge on any atom is -0.503 e. The molecule has 0 bridgehead atoms. The first kappa shape index (κ1) is 19.3. The molecule has 0 saturated heterocycles. The molecule has 8 heteroatoms. The van der Waals surface area contributed by atoms with Crippen molar-refractivity contribution in [3.63, 3.8) is 0 Å². The van der Waals surface area contributed by atoms with Gasteiger partial charge in [-0.25, -0.2) is 4.98 Å². The SMILES string of the molecule is Cc1nc(C)c(C(=O)C2=C(O)C(=O)N(CCC[NH+](C)C)[C@H]2c2ccco2)s1. The number of furan rings is 1. The number of thiazole rings is 1. The highest BCUT2D eigenvalue weighted by atomic mass is 32.1. The predicted molar refractivity (Wildman–Crippen MR) is 101 cm³/mol. The Bertz CT molecular complexity index is 883. The van der Waals surface area contributed by atoms with E-state index in [2.05, 4.69) is 4.98 Å². The minimum absolute atomic E-state index is 0.0684. The summed E-state index contributed by atoms with van der Waals surface area (Å²) in [6.45, 7) is 4.87. The number of aromatic nitrogens is 1. The van der Waals surface area contributed by atoms with Gasteiger partial charge in [0, 0.05) is 13.0 Å². The van der Waals surface area contributed by atoms with Crippen LogP contribution in [0, 0.1) is 13.8 Å². The summed E-state index contributed by atoms with van der Waals surface area (Å²) in [4.78, 5) is 33.4. The number of aryl methyl sites for hydroxylation is 2. The summed E-state index contributed by atoms with van der Waals surface area (Å²) in [5.41, 5.74) is 0.669. The summed E-state index contributed by atoms with van der Waals surface area (Å²) >= 11 is 1.27. The fraction of sp³-hybridized carbons (Fsp3) is 0.421. The zero-order valence-electron chi connectivity index (χ0n) is 15.9. The molecule has 0 radical (unpaired) electrons. The number of hydrogen-bond donors (Lipinski definition) is 2. The van der Waals surface area contributed by atoms with Crippen LogP contribution in [0.5, 0.6) is 0 Å². The van der Waals surface area contributed by atoms with Crippen molar-refractivity contribution in [1.29, 1.82) is 0 Å². The Morgan fingerprint density at radius 1 is 1.41 bits per heavy atom. The van der Waals surface area contributed by atoms with Gasteiger partial charge in [-0.1, -0.05) is 0 Å². The molecule has 1 atom stereocenters. The number of carbonyl (C=O) groups excluding carboxylic acids is 2. The number of hydrogen-bond acceptors (Lipinski definition) is 6. The molecule has 0 spiro atoms. The number of amides is 1. The van der Waals surface area contributed by atoms with E-state index in [1.165, 1.54) is 27.4 Å². The summed E-state index contributed by atoms with van der Waals surface area (Å²) in [5.74, 6) is -0.936. The summed E-state index contributed by atoms with van der Waals surface area (Å²) in [5, 5.41) is 11.3. The summed E-state index contributed by atoms with van der Waals surface area (Å²) in [7, 11) is 4.07. The average molecular weight is 390 g/mol. The molecule has 2 aromatic heterocycles. The molecular weight excluding hydrogens is 366 g/mol. The van der Waals surface area contributed by atoms with Crippen LogP contribution in [0.1, 0.15) is 38.6 Å². The number of aliphatic hydroxyl groups excluding tert-OH is 1. The van der Waals surface area contributed by atoms with E-state index in [0.717, 1.165) is 18.0 Å². The van der Waals surface area contributed by atoms with Crippen LogP contribution in [0.2, 0.25) is 0 Å². The van der Waals surface area contributed by atoms with Crippen LogP contribution in [0.15, 0.2) is 34.1 Å². The predicted octanol–water partition coefficient (Wildman–Crippen LogP) is 1.47. The van der Waals surface area contributed by atoms with Crippen molar-refractivity contribution in [2.75, 3.05) is 27.2 Å². The molecule has 0 aromatic carbocycles. The highest BCUT2D eigenvalue weighted by Gasteiger charge is 2.45. The number of rotatable bonds is 7. The molecule has 0 aliphatic carbocycles. The lowest BCUT2D eigenvalue weighted by molar-refractivity contribution is -0.858. The number of ketones is 1. The first-order valence-corrected chi connectivity index (χ1v) is 9.68. The van der Waals surface area contributed by atoms with E-state index >= 15 is 0 Å². The van der Waals surface area contributed by atoms with Gasteiger partial charge < -0.3 is 19.3 Å². The highest BCUT2D eigenvalue weighted by molar-refractivity contribution is 7.14. The van der Waals surface area contributed by atoms with E-state index in [-0.39, 0.29) is 11.4 Å². The van der Waals surface area contributed by atoms with Gasteiger partial charge in [-0.2, -0.15) is 0 Å². The van der Waals surface area contributed by atoms with E-state index in [1.54, 1.807) is 19.1 Å². The second-order valence-corrected chi connectivity index (χ2v) is 8.17. The van der Waals surface area contributed by atoms with Crippen molar-refractivity contribution in [1.82, 2.24) is 9.88 Å². The maximum Gasteiger partial charge on any atom is 0.290 e. The van der Waals surface area contributed by atoms with E-state index in [0.29, 0.717) is 22.9 Å². The van der Waals surface area contributed by atoms with Gasteiger partial charge in [0.05, 0.1) is 48.1 Å². The number of Topliss-reactive ketones (excluding diaryl/α,β-unsaturated/α-hetero) is 1. The van der Waals surface area contributed by atoms with Crippen molar-refractivity contribution in [3.05, 3.63) is 51.1 Å². The first-order chi connectivity index (χ1) is 12.8. The molecule has 144 valence electrons. The third-order valence-electron chi connectivity index (χ3n) is 4.55. The molecule has 0 saturated carbocycles. The van der Waals surface area contributed by atoms with Gasteiger partial charge in [-0.3, -0.25) is 9.59 Å². The Labute approximate surface area is 161 Å². The largest absolute Gasteiger partial charge is 0.503 e.